The first-order valence-electron chi connectivity index (χ1n) is 10.5. The van der Waals surface area contributed by atoms with E-state index in [1.54, 1.807) is 18.7 Å². The number of piperazine rings is 1. The van der Waals surface area contributed by atoms with E-state index in [-0.39, 0.29) is 36.1 Å². The summed E-state index contributed by atoms with van der Waals surface area (Å²) < 4.78 is 32.6. The topological polar surface area (TPSA) is 113 Å². The maximum Gasteiger partial charge on any atom is 0.341 e. The number of thiophene rings is 1. The van der Waals surface area contributed by atoms with Crippen LogP contribution in [0.3, 0.4) is 0 Å². The van der Waals surface area contributed by atoms with Gasteiger partial charge in [-0.3, -0.25) is 9.59 Å². The zero-order chi connectivity index (χ0) is 24.3. The van der Waals surface area contributed by atoms with E-state index in [0.717, 1.165) is 10.4 Å². The van der Waals surface area contributed by atoms with E-state index in [0.29, 0.717) is 23.7 Å². The number of anilines is 1. The minimum atomic E-state index is -3.83. The monoisotopic (exact) mass is 493 g/mol. The molecule has 1 aliphatic rings. The van der Waals surface area contributed by atoms with E-state index < -0.39 is 21.9 Å². The molecule has 1 fully saturated rings. The molecule has 2 amide bonds. The summed E-state index contributed by atoms with van der Waals surface area (Å²) in [4.78, 5) is 39.3. The molecule has 0 aliphatic carbocycles. The Hall–Kier alpha value is -2.76. The van der Waals surface area contributed by atoms with Gasteiger partial charge in [-0.15, -0.1) is 11.3 Å². The maximum absolute atomic E-state index is 13.1. The highest BCUT2D eigenvalue weighted by Crippen LogP contribution is 2.33. The second-order valence-electron chi connectivity index (χ2n) is 7.60. The summed E-state index contributed by atoms with van der Waals surface area (Å²) in [6.07, 6.45) is 0. The van der Waals surface area contributed by atoms with Crippen LogP contribution in [0.2, 0.25) is 0 Å². The van der Waals surface area contributed by atoms with Crippen molar-refractivity contribution in [2.24, 2.45) is 0 Å². The van der Waals surface area contributed by atoms with E-state index in [1.807, 2.05) is 6.92 Å². The molecule has 0 bridgehead atoms. The van der Waals surface area contributed by atoms with Crippen LogP contribution >= 0.6 is 11.3 Å². The van der Waals surface area contributed by atoms with Gasteiger partial charge < -0.3 is 15.0 Å². The first-order chi connectivity index (χ1) is 15.6. The first-order valence-corrected chi connectivity index (χ1v) is 12.8. The van der Waals surface area contributed by atoms with Gasteiger partial charge in [-0.2, -0.15) is 4.31 Å². The van der Waals surface area contributed by atoms with Gasteiger partial charge in [0.15, 0.2) is 0 Å². The average molecular weight is 494 g/mol. The molecule has 3 rings (SSSR count). The van der Waals surface area contributed by atoms with Crippen LogP contribution in [0.4, 0.5) is 5.00 Å². The molecule has 0 spiro atoms. The molecular weight excluding hydrogens is 466 g/mol. The number of ether oxygens (including phenoxy) is 1. The van der Waals surface area contributed by atoms with E-state index in [2.05, 4.69) is 5.32 Å². The van der Waals surface area contributed by atoms with Crippen molar-refractivity contribution in [2.75, 3.05) is 38.1 Å². The Morgan fingerprint density at radius 2 is 1.79 bits per heavy atom. The van der Waals surface area contributed by atoms with Gasteiger partial charge in [-0.25, -0.2) is 13.2 Å². The second-order valence-corrected chi connectivity index (χ2v) is 10.8. The summed E-state index contributed by atoms with van der Waals surface area (Å²) in [5.41, 5.74) is 1.19. The Bertz CT molecular complexity index is 1180. The van der Waals surface area contributed by atoms with Crippen molar-refractivity contribution in [2.45, 2.75) is 32.6 Å². The summed E-state index contributed by atoms with van der Waals surface area (Å²) in [6.45, 7) is 8.02. The number of esters is 1. The van der Waals surface area contributed by atoms with Gasteiger partial charge in [0.05, 0.1) is 17.1 Å². The molecule has 9 nitrogen and oxygen atoms in total. The molecule has 1 saturated heterocycles. The van der Waals surface area contributed by atoms with E-state index in [4.69, 9.17) is 4.74 Å². The Balaban J connectivity index is 1.82. The van der Waals surface area contributed by atoms with Crippen molar-refractivity contribution in [3.05, 3.63) is 45.8 Å². The van der Waals surface area contributed by atoms with Crippen LogP contribution in [0.1, 0.15) is 45.0 Å². The summed E-state index contributed by atoms with van der Waals surface area (Å²) in [5.74, 6) is -1.14. The van der Waals surface area contributed by atoms with E-state index in [1.165, 1.54) is 46.8 Å². The lowest BCUT2D eigenvalue weighted by molar-refractivity contribution is -0.129. The molecule has 1 aromatic heterocycles. The Morgan fingerprint density at radius 3 is 2.39 bits per heavy atom. The number of hydrogen-bond donors (Lipinski definition) is 1. The first kappa shape index (κ1) is 24.9. The summed E-state index contributed by atoms with van der Waals surface area (Å²) in [7, 11) is -3.83. The van der Waals surface area contributed by atoms with Gasteiger partial charge >= 0.3 is 5.97 Å². The van der Waals surface area contributed by atoms with Crippen molar-refractivity contribution < 1.29 is 27.5 Å². The van der Waals surface area contributed by atoms with Gasteiger partial charge in [0, 0.05) is 43.5 Å². The van der Waals surface area contributed by atoms with E-state index in [9.17, 15) is 22.8 Å². The molecule has 2 aromatic rings. The normalized spacial score (nSPS) is 14.7. The second kappa shape index (κ2) is 10.0. The molecule has 11 heteroatoms. The van der Waals surface area contributed by atoms with Gasteiger partial charge in [-0.05, 0) is 44.5 Å². The molecule has 1 aromatic carbocycles. The third-order valence-electron chi connectivity index (χ3n) is 5.51. The average Bonchev–Trinajstić information content (AvgIpc) is 3.06. The number of rotatable bonds is 6. The minimum Gasteiger partial charge on any atom is -0.462 e. The van der Waals surface area contributed by atoms with Crippen LogP contribution in [0.5, 0.6) is 0 Å². The molecule has 1 N–H and O–H groups in total. The predicted molar refractivity (Wildman–Crippen MR) is 125 cm³/mol. The van der Waals surface area contributed by atoms with Gasteiger partial charge in [-0.1, -0.05) is 6.07 Å². The van der Waals surface area contributed by atoms with Crippen LogP contribution in [-0.4, -0.2) is 68.2 Å². The zero-order valence-electron chi connectivity index (χ0n) is 19.0. The molecule has 178 valence electrons. The predicted octanol–water partition coefficient (Wildman–Crippen LogP) is 2.65. The number of benzene rings is 1. The Kier molecular flexibility index (Phi) is 7.55. The van der Waals surface area contributed by atoms with Gasteiger partial charge in [0.1, 0.15) is 5.00 Å². The van der Waals surface area contributed by atoms with Crippen LogP contribution in [0.25, 0.3) is 0 Å². The number of hydrogen-bond acceptors (Lipinski definition) is 7. The Morgan fingerprint density at radius 1 is 1.12 bits per heavy atom. The molecular formula is C22H27N3O6S2. The number of nitrogens with one attached hydrogen (secondary N) is 1. The molecule has 0 unspecified atom stereocenters. The van der Waals surface area contributed by atoms with Crippen molar-refractivity contribution in [1.29, 1.82) is 0 Å². The molecule has 1 aliphatic heterocycles. The summed E-state index contributed by atoms with van der Waals surface area (Å²) >= 11 is 1.26. The largest absolute Gasteiger partial charge is 0.462 e. The third-order valence-corrected chi connectivity index (χ3v) is 8.53. The summed E-state index contributed by atoms with van der Waals surface area (Å²) in [5, 5.41) is 3.09. The number of amides is 2. The highest BCUT2D eigenvalue weighted by atomic mass is 32.2. The molecule has 33 heavy (non-hydrogen) atoms. The highest BCUT2D eigenvalue weighted by molar-refractivity contribution is 7.89. The van der Waals surface area contributed by atoms with Crippen LogP contribution < -0.4 is 5.32 Å². The third kappa shape index (κ3) is 5.26. The molecule has 2 heterocycles. The van der Waals surface area contributed by atoms with Crippen molar-refractivity contribution >= 4 is 44.1 Å². The molecule has 0 atom stereocenters. The number of carbonyl (C=O) groups excluding carboxylic acids is 3. The summed E-state index contributed by atoms with van der Waals surface area (Å²) in [6, 6.07) is 5.77. The smallest absolute Gasteiger partial charge is 0.341 e. The van der Waals surface area contributed by atoms with Gasteiger partial charge in [0.25, 0.3) is 5.91 Å². The zero-order valence-corrected chi connectivity index (χ0v) is 20.6. The standard InChI is InChI=1S/C22H27N3O6S2/c1-5-31-22(28)19-14(2)15(3)32-21(19)23-20(27)17-7-6-8-18(13-17)33(29,30)25-11-9-24(10-12-25)16(4)26/h6-8,13H,5,9-12H2,1-4H3,(H,23,27). The maximum atomic E-state index is 13.1. The van der Waals surface area contributed by atoms with Crippen molar-refractivity contribution in [3.63, 3.8) is 0 Å². The van der Waals surface area contributed by atoms with Crippen molar-refractivity contribution in [3.8, 4) is 0 Å². The highest BCUT2D eigenvalue weighted by Gasteiger charge is 2.30. The lowest BCUT2D eigenvalue weighted by atomic mass is 10.1. The fraction of sp³-hybridized carbons (Fsp3) is 0.409. The number of aryl methyl sites for hydroxylation is 1. The lowest BCUT2D eigenvalue weighted by Gasteiger charge is -2.33. The SMILES string of the molecule is CCOC(=O)c1c(NC(=O)c2cccc(S(=O)(=O)N3CCN(C(C)=O)CC3)c2)sc(C)c1C. The Labute approximate surface area is 197 Å². The number of nitrogens with zero attached hydrogens (tertiary/aromatic N) is 2. The van der Waals surface area contributed by atoms with Crippen LogP contribution in [0.15, 0.2) is 29.2 Å². The van der Waals surface area contributed by atoms with Gasteiger partial charge in [0.2, 0.25) is 15.9 Å². The molecule has 0 saturated carbocycles. The van der Waals surface area contributed by atoms with Crippen LogP contribution in [-0.2, 0) is 19.6 Å². The van der Waals surface area contributed by atoms with Crippen LogP contribution in [0, 0.1) is 13.8 Å². The van der Waals surface area contributed by atoms with E-state index >= 15 is 0 Å². The number of carbonyl (C=O) groups is 3. The number of sulfonamides is 1. The quantitative estimate of drug-likeness (QED) is 0.619. The lowest BCUT2D eigenvalue weighted by Crippen LogP contribution is -2.49. The van der Waals surface area contributed by atoms with Crippen molar-refractivity contribution in [1.82, 2.24) is 9.21 Å². The molecule has 0 radical (unpaired) electrons. The minimum absolute atomic E-state index is 0.00409. The fourth-order valence-corrected chi connectivity index (χ4v) is 6.04. The fourth-order valence-electron chi connectivity index (χ4n) is 3.53.